The van der Waals surface area contributed by atoms with Crippen LogP contribution in [0.25, 0.3) is 0 Å². The third-order valence-electron chi connectivity index (χ3n) is 12.1. The molecule has 67 heavy (non-hydrogen) atoms. The van der Waals surface area contributed by atoms with Crippen LogP contribution in [0.2, 0.25) is 0 Å². The van der Waals surface area contributed by atoms with E-state index in [2.05, 4.69) is 25.9 Å². The Morgan fingerprint density at radius 1 is 0.672 bits per heavy atom. The van der Waals surface area contributed by atoms with Crippen LogP contribution in [0.5, 0.6) is 0 Å². The van der Waals surface area contributed by atoms with E-state index < -0.39 is 46.2 Å². The molecule has 3 atom stereocenters. The summed E-state index contributed by atoms with van der Waals surface area (Å²) in [7, 11) is 0. The first-order chi connectivity index (χ1) is 31.9. The number of benzene rings is 3. The van der Waals surface area contributed by atoms with E-state index in [9.17, 15) is 24.0 Å². The normalized spacial score (nSPS) is 16.1. The summed E-state index contributed by atoms with van der Waals surface area (Å²) in [6, 6.07) is 27.7. The van der Waals surface area contributed by atoms with Crippen LogP contribution in [0.15, 0.2) is 122 Å². The Bertz CT molecular complexity index is 2410. The minimum Gasteiger partial charge on any atom is -0.444 e. The first-order valence-electron chi connectivity index (χ1n) is 22.9. The highest BCUT2D eigenvalue weighted by atomic mass is 16.6. The summed E-state index contributed by atoms with van der Waals surface area (Å²) < 4.78 is 14.8. The second kappa shape index (κ2) is 21.7. The molecule has 2 unspecified atom stereocenters. The van der Waals surface area contributed by atoms with Crippen LogP contribution < -0.4 is 16.0 Å². The fourth-order valence-electron chi connectivity index (χ4n) is 8.12. The number of aromatic nitrogens is 4. The van der Waals surface area contributed by atoms with Gasteiger partial charge in [-0.25, -0.2) is 14.8 Å². The van der Waals surface area contributed by atoms with Crippen molar-refractivity contribution >= 4 is 35.5 Å². The second-order valence-electron chi connectivity index (χ2n) is 18.8. The number of ether oxygens (including phenoxy) is 2. The summed E-state index contributed by atoms with van der Waals surface area (Å²) in [5.41, 5.74) is -1.33. The van der Waals surface area contributed by atoms with Crippen molar-refractivity contribution in [3.8, 4) is 0 Å². The molecule has 0 bridgehead atoms. The first-order valence-corrected chi connectivity index (χ1v) is 22.9. The van der Waals surface area contributed by atoms with E-state index in [0.29, 0.717) is 13.1 Å². The molecule has 0 spiro atoms. The Hall–Kier alpha value is -6.81. The van der Waals surface area contributed by atoms with Gasteiger partial charge in [-0.2, -0.15) is 0 Å². The summed E-state index contributed by atoms with van der Waals surface area (Å²) in [5.74, 6) is -0.920. The van der Waals surface area contributed by atoms with E-state index in [1.54, 1.807) is 44.1 Å². The predicted octanol–water partition coefficient (Wildman–Crippen LogP) is 6.48. The predicted molar refractivity (Wildman–Crippen MR) is 255 cm³/mol. The molecule has 2 aliphatic rings. The summed E-state index contributed by atoms with van der Waals surface area (Å²) in [4.78, 5) is 78.7. The minimum absolute atomic E-state index is 0.0596. The van der Waals surface area contributed by atoms with E-state index in [1.165, 1.54) is 20.2 Å². The number of hydrogen-bond acceptors (Lipinski definition) is 9. The Morgan fingerprint density at radius 2 is 1.18 bits per heavy atom. The van der Waals surface area contributed by atoms with Crippen LogP contribution >= 0.6 is 0 Å². The highest BCUT2D eigenvalue weighted by Gasteiger charge is 2.42. The number of likely N-dealkylation sites (tertiary alicyclic amines) is 2. The van der Waals surface area contributed by atoms with Crippen molar-refractivity contribution in [1.82, 2.24) is 39.5 Å². The van der Waals surface area contributed by atoms with Crippen LogP contribution in [0.3, 0.4) is 0 Å². The van der Waals surface area contributed by atoms with Crippen molar-refractivity contribution in [2.75, 3.05) is 38.1 Å². The molecule has 0 saturated carbocycles. The zero-order chi connectivity index (χ0) is 48.2. The third kappa shape index (κ3) is 12.4. The first kappa shape index (κ1) is 49.6. The third-order valence-corrected chi connectivity index (χ3v) is 12.1. The molecular formula is C51H65N9O7. The van der Waals surface area contributed by atoms with E-state index in [-0.39, 0.29) is 30.8 Å². The summed E-state index contributed by atoms with van der Waals surface area (Å²) in [6.45, 7) is 15.1. The molecule has 356 valence electrons. The minimum atomic E-state index is -1.42. The van der Waals surface area contributed by atoms with Crippen molar-refractivity contribution in [3.05, 3.63) is 139 Å². The molecule has 3 N–H and O–H groups in total. The maximum absolute atomic E-state index is 13.9. The van der Waals surface area contributed by atoms with Crippen LogP contribution in [-0.4, -0.2) is 109 Å². The lowest BCUT2D eigenvalue weighted by Crippen LogP contribution is -2.59. The zero-order valence-corrected chi connectivity index (χ0v) is 39.7. The number of rotatable bonds is 15. The number of alkyl carbamates (subject to hydrolysis) is 1. The maximum Gasteiger partial charge on any atom is 0.408 e. The maximum atomic E-state index is 13.9. The zero-order valence-electron chi connectivity index (χ0n) is 39.7. The molecule has 2 aliphatic heterocycles. The molecule has 2 fully saturated rings. The van der Waals surface area contributed by atoms with Gasteiger partial charge in [-0.3, -0.25) is 19.2 Å². The topological polar surface area (TPSA) is 182 Å². The van der Waals surface area contributed by atoms with E-state index >= 15 is 0 Å². The molecule has 0 aliphatic carbocycles. The lowest BCUT2D eigenvalue weighted by atomic mass is 9.90. The van der Waals surface area contributed by atoms with Gasteiger partial charge in [0, 0.05) is 44.8 Å². The van der Waals surface area contributed by atoms with Gasteiger partial charge in [0.1, 0.15) is 28.3 Å². The van der Waals surface area contributed by atoms with Crippen molar-refractivity contribution in [2.45, 2.75) is 109 Å². The number of nitrogens with zero attached hydrogens (tertiary/aromatic N) is 6. The van der Waals surface area contributed by atoms with Crippen LogP contribution in [0, 0.1) is 0 Å². The number of imidazole rings is 2. The van der Waals surface area contributed by atoms with Crippen molar-refractivity contribution in [1.29, 1.82) is 0 Å². The summed E-state index contributed by atoms with van der Waals surface area (Å²) in [6.07, 6.45) is 11.8. The second-order valence-corrected chi connectivity index (χ2v) is 18.8. The van der Waals surface area contributed by atoms with Gasteiger partial charge in [-0.05, 0) is 90.8 Å². The molecule has 0 radical (unpaired) electrons. The number of anilines is 1. The van der Waals surface area contributed by atoms with Crippen LogP contribution in [0.4, 0.5) is 10.6 Å². The molecule has 3 aromatic carbocycles. The van der Waals surface area contributed by atoms with Gasteiger partial charge >= 0.3 is 6.09 Å². The number of nitrogens with one attached hydrogen (secondary N) is 3. The molecule has 5 aromatic rings. The van der Waals surface area contributed by atoms with Gasteiger partial charge in [0.15, 0.2) is 5.82 Å². The highest BCUT2D eigenvalue weighted by molar-refractivity contribution is 5.99. The van der Waals surface area contributed by atoms with Crippen molar-refractivity contribution in [3.63, 3.8) is 0 Å². The highest BCUT2D eigenvalue weighted by Crippen LogP contribution is 2.32. The summed E-state index contributed by atoms with van der Waals surface area (Å²) in [5, 5.41) is 8.04. The van der Waals surface area contributed by atoms with Crippen molar-refractivity contribution < 1.29 is 33.4 Å². The van der Waals surface area contributed by atoms with E-state index in [0.717, 1.165) is 55.5 Å². The molecular weight excluding hydrogens is 851 g/mol. The Morgan fingerprint density at radius 3 is 1.67 bits per heavy atom. The smallest absolute Gasteiger partial charge is 0.408 e. The van der Waals surface area contributed by atoms with Crippen LogP contribution in [0.1, 0.15) is 90.8 Å². The quantitative estimate of drug-likeness (QED) is 0.106. The molecule has 2 saturated heterocycles. The number of hydrogen-bond donors (Lipinski definition) is 3. The van der Waals surface area contributed by atoms with E-state index in [4.69, 9.17) is 9.47 Å². The van der Waals surface area contributed by atoms with Gasteiger partial charge in [0.05, 0.1) is 25.9 Å². The Balaban J connectivity index is 0.000000305. The summed E-state index contributed by atoms with van der Waals surface area (Å²) >= 11 is 0. The number of amides is 5. The fourth-order valence-corrected chi connectivity index (χ4v) is 8.12. The number of carbonyl (C=O) groups is 5. The molecule has 7 rings (SSSR count). The lowest BCUT2D eigenvalue weighted by molar-refractivity contribution is -0.137. The van der Waals surface area contributed by atoms with Gasteiger partial charge in [-0.15, -0.1) is 0 Å². The Kier molecular flexibility index (Phi) is 16.0. The SMILES string of the molecule is CC(C(=O)N1CCCC1)(c1ccccc1)n1ccnc1.CC(C)(C)OC(=O)NC(C)(C)C(=O)N[C@H](COCc1ccccc1)C(=O)Nc1cn(C(C)(C(=O)N2CCCC2)c2ccccc2)cn1. The largest absolute Gasteiger partial charge is 0.444 e. The lowest BCUT2D eigenvalue weighted by Gasteiger charge is -2.34. The van der Waals surface area contributed by atoms with Gasteiger partial charge in [0.2, 0.25) is 5.91 Å². The molecule has 5 amide bonds. The molecule has 16 heteroatoms. The van der Waals surface area contributed by atoms with E-state index in [1.807, 2.05) is 125 Å². The van der Waals surface area contributed by atoms with Crippen molar-refractivity contribution in [2.24, 2.45) is 0 Å². The average Bonchev–Trinajstić information content (AvgIpc) is 4.17. The van der Waals surface area contributed by atoms with Crippen LogP contribution in [-0.2, 0) is 46.3 Å². The Labute approximate surface area is 393 Å². The standard InChI is InChI=1S/C35H46N6O6.C16H19N3O/c1-33(2,3)47-32(45)39-34(4,5)30(43)37-27(23-46-22-25-15-9-7-10-16-25)29(42)38-28-21-41(24-36-28)35(6,26-17-11-8-12-18-26)31(44)40-19-13-14-20-40;1-16(19-12-9-17-13-19,14-7-3-2-4-8-14)15(20)18-10-5-6-11-18/h7-12,15-18,21,24,27H,13-14,19-20,22-23H2,1-6H3,(H,37,43)(H,38,42)(H,39,45);2-4,7-9,12-13H,5-6,10-11H2,1H3/t27-,35?;/m1./s1. The van der Waals surface area contributed by atoms with Gasteiger partial charge in [-0.1, -0.05) is 91.0 Å². The molecule has 16 nitrogen and oxygen atoms in total. The number of carbonyl (C=O) groups excluding carboxylic acids is 5. The fraction of sp³-hybridized carbons (Fsp3) is 0.431. The monoisotopic (exact) mass is 916 g/mol. The average molecular weight is 916 g/mol. The van der Waals surface area contributed by atoms with Gasteiger partial charge in [0.25, 0.3) is 17.7 Å². The van der Waals surface area contributed by atoms with Gasteiger partial charge < -0.3 is 44.4 Å². The molecule has 2 aromatic heterocycles. The molecule has 4 heterocycles.